The fourth-order valence-corrected chi connectivity index (χ4v) is 5.12. The van der Waals surface area contributed by atoms with E-state index < -0.39 is 96.3 Å². The van der Waals surface area contributed by atoms with Crippen LogP contribution >= 0.6 is 0 Å². The summed E-state index contributed by atoms with van der Waals surface area (Å²) in [5, 5.41) is 0. The van der Waals surface area contributed by atoms with E-state index in [9.17, 15) is 69.5 Å². The number of alkyl halides is 12. The molecule has 0 aliphatic carbocycles. The van der Waals surface area contributed by atoms with Crippen LogP contribution < -0.4 is 9.44 Å². The fourth-order valence-electron chi connectivity index (χ4n) is 2.83. The lowest BCUT2D eigenvalue weighted by Crippen LogP contribution is -2.30. The highest BCUT2D eigenvalue weighted by Gasteiger charge is 2.39. The SMILES string of the molecule is O=S(=O)(NCCCNS(=O)(=O)c1cc(C(F)(F)F)cc(C(F)(F)F)c1)c1cc(C(F)(F)F)cc(C(F)(F)F)c1. The number of nitrogens with one attached hydrogen (secondary N) is 2. The fraction of sp³-hybridized carbons (Fsp3) is 0.368. The largest absolute Gasteiger partial charge is 0.416 e. The van der Waals surface area contributed by atoms with Crippen molar-refractivity contribution >= 4 is 20.0 Å². The highest BCUT2D eigenvalue weighted by atomic mass is 32.2. The van der Waals surface area contributed by atoms with Gasteiger partial charge in [-0.2, -0.15) is 52.7 Å². The molecule has 0 aliphatic heterocycles. The van der Waals surface area contributed by atoms with E-state index in [0.717, 1.165) is 0 Å². The molecule has 2 aromatic rings. The summed E-state index contributed by atoms with van der Waals surface area (Å²) in [7, 11) is -10.0. The zero-order chi connectivity index (χ0) is 30.2. The summed E-state index contributed by atoms with van der Waals surface area (Å²) in [5.41, 5.74) is -7.70. The topological polar surface area (TPSA) is 92.3 Å². The highest BCUT2D eigenvalue weighted by molar-refractivity contribution is 7.89. The van der Waals surface area contributed by atoms with Gasteiger partial charge in [0.15, 0.2) is 0 Å². The van der Waals surface area contributed by atoms with Crippen LogP contribution in [0.25, 0.3) is 0 Å². The number of rotatable bonds is 8. The number of benzene rings is 2. The second kappa shape index (κ2) is 10.8. The smallest absolute Gasteiger partial charge is 0.211 e. The Balaban J connectivity index is 2.17. The summed E-state index contributed by atoms with van der Waals surface area (Å²) in [5.74, 6) is 0. The number of halogens is 12. The molecule has 2 rings (SSSR count). The molecule has 0 aliphatic rings. The van der Waals surface area contributed by atoms with Crippen molar-refractivity contribution in [1.29, 1.82) is 0 Å². The Morgan fingerprint density at radius 2 is 0.692 bits per heavy atom. The summed E-state index contributed by atoms with van der Waals surface area (Å²) < 4.78 is 207. The van der Waals surface area contributed by atoms with Crippen LogP contribution in [0.3, 0.4) is 0 Å². The first-order valence-corrected chi connectivity index (χ1v) is 12.9. The molecule has 6 nitrogen and oxygen atoms in total. The monoisotopic (exact) mass is 626 g/mol. The van der Waals surface area contributed by atoms with E-state index in [0.29, 0.717) is 0 Å². The first-order valence-electron chi connectivity index (χ1n) is 9.92. The number of sulfonamides is 2. The molecule has 2 N–H and O–H groups in total. The highest BCUT2D eigenvalue weighted by Crippen LogP contribution is 2.38. The molecule has 0 aromatic heterocycles. The van der Waals surface area contributed by atoms with E-state index in [1.54, 1.807) is 9.44 Å². The Kier molecular flexibility index (Phi) is 9.01. The Morgan fingerprint density at radius 3 is 0.897 bits per heavy atom. The van der Waals surface area contributed by atoms with Crippen LogP contribution in [0.5, 0.6) is 0 Å². The third kappa shape index (κ3) is 8.70. The maximum absolute atomic E-state index is 12.9. The van der Waals surface area contributed by atoms with Crippen LogP contribution in [-0.4, -0.2) is 29.9 Å². The molecule has 0 saturated carbocycles. The van der Waals surface area contributed by atoms with Gasteiger partial charge < -0.3 is 0 Å². The summed E-state index contributed by atoms with van der Waals surface area (Å²) >= 11 is 0. The summed E-state index contributed by atoms with van der Waals surface area (Å²) in [6.07, 6.45) is -22.0. The summed E-state index contributed by atoms with van der Waals surface area (Å²) in [4.78, 5) is -2.84. The van der Waals surface area contributed by atoms with Crippen LogP contribution in [0.2, 0.25) is 0 Å². The van der Waals surface area contributed by atoms with Crippen molar-refractivity contribution in [1.82, 2.24) is 9.44 Å². The second-order valence-corrected chi connectivity index (χ2v) is 11.2. The maximum Gasteiger partial charge on any atom is 0.416 e. The molecule has 0 unspecified atom stereocenters. The summed E-state index contributed by atoms with van der Waals surface area (Å²) in [6.45, 7) is -1.61. The lowest BCUT2D eigenvalue weighted by molar-refractivity contribution is -0.145. The Morgan fingerprint density at radius 1 is 0.462 bits per heavy atom. The van der Waals surface area contributed by atoms with Crippen LogP contribution in [0.1, 0.15) is 28.7 Å². The average molecular weight is 626 g/mol. The molecule has 0 saturated heterocycles. The molecule has 0 radical (unpaired) electrons. The minimum atomic E-state index is -5.35. The molecular formula is C19H14F12N2O4S2. The molecule has 0 bridgehead atoms. The van der Waals surface area contributed by atoms with Gasteiger partial charge in [0.2, 0.25) is 20.0 Å². The normalized spacial score (nSPS) is 14.1. The van der Waals surface area contributed by atoms with Crippen molar-refractivity contribution in [3.63, 3.8) is 0 Å². The molecular weight excluding hydrogens is 612 g/mol. The van der Waals surface area contributed by atoms with E-state index in [2.05, 4.69) is 0 Å². The molecule has 0 atom stereocenters. The van der Waals surface area contributed by atoms with Crippen LogP contribution in [0, 0.1) is 0 Å². The van der Waals surface area contributed by atoms with Gasteiger partial charge in [0.1, 0.15) is 0 Å². The third-order valence-electron chi connectivity index (χ3n) is 4.68. The van der Waals surface area contributed by atoms with Gasteiger partial charge in [-0.15, -0.1) is 0 Å². The molecule has 20 heteroatoms. The zero-order valence-corrected chi connectivity index (χ0v) is 20.2. The van der Waals surface area contributed by atoms with Crippen molar-refractivity contribution in [2.45, 2.75) is 40.9 Å². The van der Waals surface area contributed by atoms with E-state index in [4.69, 9.17) is 0 Å². The zero-order valence-electron chi connectivity index (χ0n) is 18.6. The Bertz CT molecular complexity index is 1240. The van der Waals surface area contributed by atoms with Crippen LogP contribution in [0.4, 0.5) is 52.7 Å². The predicted octanol–water partition coefficient (Wildman–Crippen LogP) is 5.41. The van der Waals surface area contributed by atoms with Gasteiger partial charge in [-0.3, -0.25) is 0 Å². The first-order chi connectivity index (χ1) is 17.3. The molecule has 0 amide bonds. The lowest BCUT2D eigenvalue weighted by Gasteiger charge is -2.15. The molecule has 0 heterocycles. The van der Waals surface area contributed by atoms with Crippen molar-refractivity contribution in [3.8, 4) is 0 Å². The molecule has 39 heavy (non-hydrogen) atoms. The first kappa shape index (κ1) is 32.6. The molecule has 0 fully saturated rings. The van der Waals surface area contributed by atoms with E-state index >= 15 is 0 Å². The van der Waals surface area contributed by atoms with Crippen molar-refractivity contribution in [2.75, 3.05) is 13.1 Å². The molecule has 220 valence electrons. The van der Waals surface area contributed by atoms with Gasteiger partial charge in [-0.25, -0.2) is 26.3 Å². The van der Waals surface area contributed by atoms with Gasteiger partial charge >= 0.3 is 24.7 Å². The standard InChI is InChI=1S/C19H14F12N2O4S2/c20-16(21,22)10-4-11(17(23,24)25)7-14(6-10)38(34,35)32-2-1-3-33-39(36,37)15-8-12(18(26,27)28)5-13(9-15)19(29,30)31/h4-9,32-33H,1-3H2. The van der Waals surface area contributed by atoms with Crippen molar-refractivity contribution in [3.05, 3.63) is 58.7 Å². The Labute approximate surface area is 212 Å². The minimum absolute atomic E-state index is 0.0772. The average Bonchev–Trinajstić information content (AvgIpc) is 2.75. The maximum atomic E-state index is 12.9. The molecule has 2 aromatic carbocycles. The quantitative estimate of drug-likeness (QED) is 0.303. The van der Waals surface area contributed by atoms with Crippen molar-refractivity contribution in [2.24, 2.45) is 0 Å². The lowest BCUT2D eigenvalue weighted by atomic mass is 10.1. The van der Waals surface area contributed by atoms with E-state index in [1.807, 2.05) is 0 Å². The van der Waals surface area contributed by atoms with Gasteiger partial charge in [0.05, 0.1) is 32.0 Å². The van der Waals surface area contributed by atoms with Crippen LogP contribution in [-0.2, 0) is 44.8 Å². The van der Waals surface area contributed by atoms with E-state index in [-0.39, 0.29) is 36.4 Å². The number of hydrogen-bond donors (Lipinski definition) is 2. The van der Waals surface area contributed by atoms with Gasteiger partial charge in [-0.05, 0) is 42.8 Å². The summed E-state index contributed by atoms with van der Waals surface area (Å²) in [6, 6.07) is -0.936. The Hall–Kier alpha value is -2.58. The minimum Gasteiger partial charge on any atom is -0.211 e. The predicted molar refractivity (Wildman–Crippen MR) is 108 cm³/mol. The van der Waals surface area contributed by atoms with Gasteiger partial charge in [-0.1, -0.05) is 0 Å². The number of hydrogen-bond acceptors (Lipinski definition) is 4. The van der Waals surface area contributed by atoms with Gasteiger partial charge in [0, 0.05) is 13.1 Å². The van der Waals surface area contributed by atoms with Crippen LogP contribution in [0.15, 0.2) is 46.2 Å². The third-order valence-corrected chi connectivity index (χ3v) is 7.56. The van der Waals surface area contributed by atoms with Gasteiger partial charge in [0.25, 0.3) is 0 Å². The molecule has 0 spiro atoms. The van der Waals surface area contributed by atoms with E-state index in [1.165, 1.54) is 0 Å². The van der Waals surface area contributed by atoms with Crippen molar-refractivity contribution < 1.29 is 69.5 Å². The second-order valence-electron chi connectivity index (χ2n) is 7.63.